The van der Waals surface area contributed by atoms with E-state index in [-0.39, 0.29) is 127 Å². The van der Waals surface area contributed by atoms with E-state index in [0.717, 1.165) is 21.6 Å². The highest BCUT2D eigenvalue weighted by Crippen LogP contribution is 2.24. The second kappa shape index (κ2) is 52.8. The Labute approximate surface area is 598 Å². The minimum Gasteiger partial charge on any atom is -0.480 e. The van der Waals surface area contributed by atoms with E-state index in [1.165, 1.54) is 11.8 Å². The van der Waals surface area contributed by atoms with Crippen molar-refractivity contribution in [2.24, 2.45) is 38.7 Å². The minimum absolute atomic E-state index is 0. The van der Waals surface area contributed by atoms with Gasteiger partial charge in [0.05, 0.1) is 63.6 Å². The molecule has 1 aromatic rings. The van der Waals surface area contributed by atoms with Gasteiger partial charge in [-0.05, 0) is 108 Å². The number of hydrogen-bond donors (Lipinski definition) is 19. The molecule has 1 aliphatic heterocycles. The highest BCUT2D eigenvalue weighted by molar-refractivity contribution is 8.76. The number of hydrazine groups is 2. The summed E-state index contributed by atoms with van der Waals surface area (Å²) in [5.41, 5.74) is 39.1. The lowest BCUT2D eigenvalue weighted by molar-refractivity contribution is -0.145. The molecule has 0 radical (unpaired) electrons. The normalized spacial score (nSPS) is 19.8. The summed E-state index contributed by atoms with van der Waals surface area (Å²) in [6, 6.07) is -2.21. The minimum atomic E-state index is -1.81. The molecule has 0 aliphatic carbocycles. The molecule has 1 heterocycles. The van der Waals surface area contributed by atoms with Crippen molar-refractivity contribution in [2.45, 2.75) is 128 Å². The number of aliphatic imine (C=N–C) groups is 2. The molecule has 1 saturated heterocycles. The molecule has 42 heteroatoms. The first kappa shape index (κ1) is 90.9. The van der Waals surface area contributed by atoms with E-state index in [1.54, 1.807) is 41.0 Å². The molecule has 0 spiro atoms. The van der Waals surface area contributed by atoms with Gasteiger partial charge in [0.25, 0.3) is 12.9 Å². The summed E-state index contributed by atoms with van der Waals surface area (Å²) < 4.78 is 10.1. The zero-order valence-corrected chi connectivity index (χ0v) is 58.3. The second-order valence-electron chi connectivity index (χ2n) is 22.5. The first-order valence-corrected chi connectivity index (χ1v) is 34.7. The number of nitrogens with two attached hydrogens (primary N) is 5. The fourth-order valence-corrected chi connectivity index (χ4v) is 12.0. The average Bonchev–Trinajstić information content (AvgIpc) is 0.880. The van der Waals surface area contributed by atoms with Crippen LogP contribution in [-0.2, 0) is 78.2 Å². The van der Waals surface area contributed by atoms with E-state index in [9.17, 15) is 77.6 Å². The molecule has 4 unspecified atom stereocenters. The molecule has 2 rings (SSSR count). The first-order valence-electron chi connectivity index (χ1n) is 31.8. The monoisotopic (exact) mass is 1490 g/mol. The van der Waals surface area contributed by atoms with E-state index in [1.807, 2.05) is 0 Å². The van der Waals surface area contributed by atoms with Crippen LogP contribution in [0.5, 0.6) is 0 Å². The molecular weight excluding hydrogens is 1390 g/mol. The number of Topliss-reactive ketones (excluding diaryl/α,β-unsaturated/α-hetero) is 4. The van der Waals surface area contributed by atoms with Crippen molar-refractivity contribution in [3.8, 4) is 0 Å². The van der Waals surface area contributed by atoms with Crippen molar-refractivity contribution in [3.05, 3.63) is 29.8 Å². The summed E-state index contributed by atoms with van der Waals surface area (Å²) in [7, 11) is 2.08. The van der Waals surface area contributed by atoms with Gasteiger partial charge in [-0.15, -0.1) is 0 Å². The van der Waals surface area contributed by atoms with Gasteiger partial charge in [0.15, 0.2) is 17.0 Å². The number of carbonyl (C=O) groups is 13. The maximum absolute atomic E-state index is 14.3. The van der Waals surface area contributed by atoms with Crippen molar-refractivity contribution in [2.75, 3.05) is 115 Å². The average molecular weight is 1490 g/mol. The number of aliphatic hydroxyl groups is 1. The largest absolute Gasteiger partial charge is 0.480 e. The van der Waals surface area contributed by atoms with Gasteiger partial charge in [-0.3, -0.25) is 82.6 Å². The third-order valence-corrected chi connectivity index (χ3v) is 17.2. The van der Waals surface area contributed by atoms with Crippen LogP contribution in [0.1, 0.15) is 78.2 Å². The highest BCUT2D eigenvalue weighted by Gasteiger charge is 2.35. The van der Waals surface area contributed by atoms with Gasteiger partial charge < -0.3 is 90.2 Å². The summed E-state index contributed by atoms with van der Waals surface area (Å²) in [6.45, 7) is 0.628. The SMILES string of the molecule is C.CCN(CCCN(CC(=O)O)CC(Cc1ccc(NC(=S)NC2CSSCC(N[C@H](C=O)CCCCN)NC(=O)CNC(=O)[C@H](CCCN=C(N)N)NN[C@@H](CCCN=C(N)N)C(=O)C(=O)C(C)NC(=O)CNNCC(=O)N[C@@H](CO)C(=O)C2=O)cc1)N(COC=O)COC=O)CC(=O)O. The predicted molar refractivity (Wildman–Crippen MR) is 380 cm³/mol. The number of aldehydes is 1. The number of benzene rings is 1. The Morgan fingerprint density at radius 3 is 1.84 bits per heavy atom. The standard InChI is InChI=1S/C58H97N21O18S3.CH4/c1-3-77(26-49(87)88)19-8-20-78(27-50(89)90)25-40(79(32-96-34-82)33-97-35-83)21-37-12-14-38(15-13-37)71-58(98)73-44-30-99-100-31-45(70-39(28-80)9-4-5-16-59)74-46(84)22-66-55(95)42(11-7-18-65-57(62)63)76-75-41(10-6-17-64-56(60)61)52(92)51(91)36(2)69-47(85)23-67-68-24-48(86)72-43(29-81)53(93)54(44)94;/h12-15,28,34-36,39-45,67-68,70,75-76,81H,3-11,16-27,29-33,59H2,1-2H3,(H,66,95)(H,69,85)(H,72,86)(H,74,84)(H,87,88)(H,89,90)(H4,60,61,64)(H4,62,63,65)(H2,71,73,98);1H4/t36?,39-,40?,41-,42-,43-,44?,45?;/m0./s1. The molecule has 1 aromatic carbocycles. The Morgan fingerprint density at radius 1 is 0.723 bits per heavy atom. The van der Waals surface area contributed by atoms with Crippen LogP contribution in [0.25, 0.3) is 0 Å². The summed E-state index contributed by atoms with van der Waals surface area (Å²) in [6.07, 6.45) is 1.87. The zero-order valence-electron chi connectivity index (χ0n) is 55.9. The molecule has 39 nitrogen and oxygen atoms in total. The van der Waals surface area contributed by atoms with Crippen molar-refractivity contribution in [1.82, 2.24) is 68.3 Å². The third kappa shape index (κ3) is 39.6. The lowest BCUT2D eigenvalue weighted by atomic mass is 10.00. The maximum Gasteiger partial charge on any atom is 0.317 e. The molecule has 0 bridgehead atoms. The van der Waals surface area contributed by atoms with Gasteiger partial charge in [0, 0.05) is 49.4 Å². The Morgan fingerprint density at radius 2 is 1.28 bits per heavy atom. The number of ether oxygens (including phenoxy) is 2. The number of unbranched alkanes of at least 4 members (excludes halogenated alkanes) is 1. The fourth-order valence-electron chi connectivity index (χ4n) is 9.51. The number of ketones is 4. The lowest BCUT2D eigenvalue weighted by Gasteiger charge is -2.34. The van der Waals surface area contributed by atoms with Gasteiger partial charge in [0.2, 0.25) is 46.8 Å². The van der Waals surface area contributed by atoms with E-state index in [0.29, 0.717) is 62.9 Å². The highest BCUT2D eigenvalue weighted by atomic mass is 33.1. The summed E-state index contributed by atoms with van der Waals surface area (Å²) >= 11 is 5.66. The number of thiocarbonyl (C=S) groups is 1. The topological polar surface area (TPSA) is 598 Å². The van der Waals surface area contributed by atoms with E-state index in [4.69, 9.17) is 50.4 Å². The van der Waals surface area contributed by atoms with Gasteiger partial charge in [-0.2, -0.15) is 0 Å². The number of carbonyl (C=O) groups excluding carboxylic acids is 11. The molecule has 1 aliphatic rings. The van der Waals surface area contributed by atoms with Crippen LogP contribution < -0.4 is 87.6 Å². The molecule has 24 N–H and O–H groups in total. The van der Waals surface area contributed by atoms with E-state index >= 15 is 0 Å². The number of hydrogen-bond acceptors (Lipinski definition) is 30. The Hall–Kier alpha value is -8.14. The van der Waals surface area contributed by atoms with Crippen LogP contribution in [0, 0.1) is 0 Å². The Kier molecular flexibility index (Phi) is 47.5. The molecule has 0 saturated carbocycles. The number of carboxylic acids is 2. The van der Waals surface area contributed by atoms with Crippen LogP contribution >= 0.6 is 33.8 Å². The van der Waals surface area contributed by atoms with Crippen LogP contribution in [0.15, 0.2) is 34.3 Å². The van der Waals surface area contributed by atoms with Gasteiger partial charge in [0.1, 0.15) is 37.9 Å². The molecule has 4 amide bonds. The number of guanidine groups is 2. The molecule has 568 valence electrons. The number of aliphatic carboxylic acids is 2. The predicted octanol–water partition coefficient (Wildman–Crippen LogP) is -6.83. The quantitative estimate of drug-likeness (QED) is 0.00428. The van der Waals surface area contributed by atoms with E-state index in [2.05, 4.69) is 68.9 Å². The number of rotatable bonds is 38. The van der Waals surface area contributed by atoms with Gasteiger partial charge in [-0.1, -0.05) is 54.5 Å². The zero-order chi connectivity index (χ0) is 74.4. The van der Waals surface area contributed by atoms with Crippen LogP contribution in [0.2, 0.25) is 0 Å². The van der Waals surface area contributed by atoms with Crippen LogP contribution in [0.3, 0.4) is 0 Å². The molecule has 0 aromatic heterocycles. The smallest absolute Gasteiger partial charge is 0.317 e. The number of nitrogens with zero attached hydrogens (tertiary/aromatic N) is 5. The van der Waals surface area contributed by atoms with Gasteiger partial charge >= 0.3 is 11.9 Å². The van der Waals surface area contributed by atoms with Gasteiger partial charge in [-0.25, -0.2) is 26.6 Å². The van der Waals surface area contributed by atoms with Crippen molar-refractivity contribution in [3.63, 3.8) is 0 Å². The summed E-state index contributed by atoms with van der Waals surface area (Å²) in [4.78, 5) is 181. The number of carboxylic acid groups (broad SMARTS) is 2. The lowest BCUT2D eigenvalue weighted by Crippen LogP contribution is -2.58. The number of aliphatic hydroxyl groups excluding tert-OH is 1. The van der Waals surface area contributed by atoms with Crippen LogP contribution in [-0.4, -0.2) is 284 Å². The van der Waals surface area contributed by atoms with Crippen LogP contribution in [0.4, 0.5) is 5.69 Å². The number of likely N-dealkylation sites (N-methyl/N-ethyl adjacent to an activating group) is 1. The molecule has 101 heavy (non-hydrogen) atoms. The molecule has 1 fully saturated rings. The van der Waals surface area contributed by atoms with Crippen molar-refractivity contribution in [1.29, 1.82) is 0 Å². The summed E-state index contributed by atoms with van der Waals surface area (Å²) in [5.74, 6) is -10.7. The number of nitrogens with one attached hydrogen (secondary N) is 11. The first-order chi connectivity index (χ1) is 47.8. The molecular formula is C59H101N21O18S3. The number of anilines is 1. The summed E-state index contributed by atoms with van der Waals surface area (Å²) in [5, 5.41) is 48.2. The third-order valence-electron chi connectivity index (χ3n) is 14.5. The number of amides is 4. The molecule has 8 atom stereocenters. The Bertz CT molecular complexity index is 2860. The van der Waals surface area contributed by atoms with Crippen molar-refractivity contribution >= 4 is 134 Å². The van der Waals surface area contributed by atoms with Crippen molar-refractivity contribution < 1.29 is 87.1 Å². The van der Waals surface area contributed by atoms with E-state index < -0.39 is 140 Å². The Balaban J connectivity index is 0.0000510. The maximum atomic E-state index is 14.3. The fraction of sp³-hybridized carbons (Fsp3) is 0.627. The second-order valence-corrected chi connectivity index (χ2v) is 25.4.